The number of nitrogens with zero attached hydrogens (tertiary/aromatic N) is 1. The Bertz CT molecular complexity index is 787. The van der Waals surface area contributed by atoms with Crippen LogP contribution in [0.25, 0.3) is 11.1 Å². The van der Waals surface area contributed by atoms with Crippen molar-refractivity contribution in [3.63, 3.8) is 0 Å². The van der Waals surface area contributed by atoms with Crippen LogP contribution in [-0.2, 0) is 9.53 Å². The van der Waals surface area contributed by atoms with Gasteiger partial charge in [0.25, 0.3) is 0 Å². The number of benzene rings is 2. The second-order valence-corrected chi connectivity index (χ2v) is 6.91. The van der Waals surface area contributed by atoms with Crippen molar-refractivity contribution < 1.29 is 19.4 Å². The number of hydrogen-bond donors (Lipinski definition) is 1. The van der Waals surface area contributed by atoms with Gasteiger partial charge in [-0.1, -0.05) is 68.3 Å². The Morgan fingerprint density at radius 1 is 1.07 bits per heavy atom. The number of likely N-dealkylation sites (N-methyl/N-ethyl adjacent to an activating group) is 1. The van der Waals surface area contributed by atoms with E-state index in [2.05, 4.69) is 24.3 Å². The number of amides is 1. The molecule has 0 aliphatic heterocycles. The van der Waals surface area contributed by atoms with Gasteiger partial charge in [-0.25, -0.2) is 9.59 Å². The average Bonchev–Trinajstić information content (AvgIpc) is 3.00. The van der Waals surface area contributed by atoms with Crippen LogP contribution >= 0.6 is 0 Å². The van der Waals surface area contributed by atoms with Crippen molar-refractivity contribution in [3.05, 3.63) is 59.7 Å². The van der Waals surface area contributed by atoms with E-state index in [1.807, 2.05) is 31.2 Å². The Morgan fingerprint density at radius 3 is 2.15 bits per heavy atom. The lowest BCUT2D eigenvalue weighted by atomic mass is 9.98. The van der Waals surface area contributed by atoms with Crippen molar-refractivity contribution in [2.24, 2.45) is 0 Å². The van der Waals surface area contributed by atoms with Crippen LogP contribution in [0.3, 0.4) is 0 Å². The van der Waals surface area contributed by atoms with Crippen molar-refractivity contribution in [2.75, 3.05) is 13.7 Å². The van der Waals surface area contributed by atoms with E-state index in [9.17, 15) is 14.7 Å². The summed E-state index contributed by atoms with van der Waals surface area (Å²) in [5, 5.41) is 9.41. The van der Waals surface area contributed by atoms with Gasteiger partial charge >= 0.3 is 12.1 Å². The monoisotopic (exact) mass is 368 g/mol. The van der Waals surface area contributed by atoms with E-state index in [-0.39, 0.29) is 12.5 Å². The predicted octanol–water partition coefficient (Wildman–Crippen LogP) is 4.51. The molecule has 0 unspecified atom stereocenters. The Balaban J connectivity index is 1.73. The molecular weight excluding hydrogens is 343 g/mol. The van der Waals surface area contributed by atoms with Gasteiger partial charge < -0.3 is 9.84 Å². The molecule has 0 radical (unpaired) electrons. The number of aliphatic carboxylic acids is 1. The highest BCUT2D eigenvalue weighted by Crippen LogP contribution is 2.44. The first kappa shape index (κ1) is 19.0. The molecule has 1 atom stereocenters. The van der Waals surface area contributed by atoms with Gasteiger partial charge in [0.2, 0.25) is 0 Å². The quantitative estimate of drug-likeness (QED) is 0.730. The Morgan fingerprint density at radius 2 is 1.63 bits per heavy atom. The molecule has 0 heterocycles. The number of carbonyl (C=O) groups is 2. The molecule has 3 rings (SSSR count). The lowest BCUT2D eigenvalue weighted by Crippen LogP contribution is -2.43. The summed E-state index contributed by atoms with van der Waals surface area (Å²) >= 11 is 0. The van der Waals surface area contributed by atoms with Crippen molar-refractivity contribution >= 4 is 12.1 Å². The molecule has 0 fully saturated rings. The van der Waals surface area contributed by atoms with E-state index in [1.165, 1.54) is 11.9 Å². The molecule has 1 aliphatic rings. The van der Waals surface area contributed by atoms with Gasteiger partial charge in [0, 0.05) is 13.0 Å². The number of rotatable bonds is 7. The SMILES string of the molecule is CCCC[C@@H](C(=O)O)N([13CH3])C(=O)OCC1c2ccccc2-c2ccccc21. The van der Waals surface area contributed by atoms with E-state index in [0.29, 0.717) is 6.42 Å². The summed E-state index contributed by atoms with van der Waals surface area (Å²) < 4.78 is 5.54. The third-order valence-corrected chi connectivity index (χ3v) is 5.21. The van der Waals surface area contributed by atoms with Crippen LogP contribution in [0.1, 0.15) is 43.2 Å². The van der Waals surface area contributed by atoms with Crippen LogP contribution in [0.2, 0.25) is 0 Å². The van der Waals surface area contributed by atoms with Crippen LogP contribution in [0.15, 0.2) is 48.5 Å². The highest BCUT2D eigenvalue weighted by Gasteiger charge is 2.31. The smallest absolute Gasteiger partial charge is 0.410 e. The normalized spacial score (nSPS) is 13.6. The van der Waals surface area contributed by atoms with Gasteiger partial charge in [0.1, 0.15) is 12.6 Å². The van der Waals surface area contributed by atoms with Crippen LogP contribution in [0.4, 0.5) is 4.79 Å². The highest BCUT2D eigenvalue weighted by atomic mass is 16.6. The topological polar surface area (TPSA) is 66.8 Å². The van der Waals surface area contributed by atoms with E-state index in [0.717, 1.165) is 35.1 Å². The molecule has 2 aromatic rings. The number of fused-ring (bicyclic) bond motifs is 3. The summed E-state index contributed by atoms with van der Waals surface area (Å²) in [6.45, 7) is 2.18. The van der Waals surface area contributed by atoms with Gasteiger partial charge in [-0.2, -0.15) is 0 Å². The molecule has 1 amide bonds. The maximum Gasteiger partial charge on any atom is 0.410 e. The molecule has 0 spiro atoms. The van der Waals surface area contributed by atoms with Gasteiger partial charge in [0.05, 0.1) is 0 Å². The Kier molecular flexibility index (Phi) is 5.79. The summed E-state index contributed by atoms with van der Waals surface area (Å²) in [5.74, 6) is -1.03. The number of carbonyl (C=O) groups excluding carboxylic acids is 1. The lowest BCUT2D eigenvalue weighted by molar-refractivity contribution is -0.142. The zero-order valence-corrected chi connectivity index (χ0v) is 15.7. The third-order valence-electron chi connectivity index (χ3n) is 5.21. The summed E-state index contributed by atoms with van der Waals surface area (Å²) in [7, 11) is 1.49. The predicted molar refractivity (Wildman–Crippen MR) is 104 cm³/mol. The minimum atomic E-state index is -1.00. The van der Waals surface area contributed by atoms with Gasteiger partial charge in [-0.05, 0) is 28.7 Å². The molecule has 0 saturated carbocycles. The van der Waals surface area contributed by atoms with Crippen LogP contribution in [0.5, 0.6) is 0 Å². The molecule has 1 aliphatic carbocycles. The lowest BCUT2D eigenvalue weighted by Gasteiger charge is -2.25. The number of carboxylic acids is 1. The second-order valence-electron chi connectivity index (χ2n) is 6.91. The standard InChI is InChI=1S/C22H25NO4/c1-3-4-13-20(21(24)25)23(2)22(26)27-14-19-17-11-7-5-9-15(17)16-10-6-8-12-18(16)19/h5-12,19-20H,3-4,13-14H2,1-2H3,(H,24,25)/t20-/m0/s1/i2+1. The number of unbranched alkanes of at least 4 members (excludes halogenated alkanes) is 1. The van der Waals surface area contributed by atoms with E-state index in [4.69, 9.17) is 4.74 Å². The molecule has 1 N–H and O–H groups in total. The molecule has 5 heteroatoms. The molecule has 2 aromatic carbocycles. The zero-order chi connectivity index (χ0) is 19.4. The minimum Gasteiger partial charge on any atom is -0.480 e. The summed E-state index contributed by atoms with van der Waals surface area (Å²) in [6.07, 6.45) is 1.45. The van der Waals surface area contributed by atoms with Crippen molar-refractivity contribution in [1.82, 2.24) is 4.90 Å². The molecule has 27 heavy (non-hydrogen) atoms. The van der Waals surface area contributed by atoms with Crippen LogP contribution in [0, 0.1) is 0 Å². The molecule has 5 nitrogen and oxygen atoms in total. The van der Waals surface area contributed by atoms with Gasteiger partial charge in [0.15, 0.2) is 0 Å². The largest absolute Gasteiger partial charge is 0.480 e. The first-order valence-corrected chi connectivity index (χ1v) is 9.35. The first-order valence-electron chi connectivity index (χ1n) is 9.35. The zero-order valence-electron chi connectivity index (χ0n) is 15.7. The van der Waals surface area contributed by atoms with E-state index in [1.54, 1.807) is 0 Å². The fourth-order valence-corrected chi connectivity index (χ4v) is 3.70. The van der Waals surface area contributed by atoms with Gasteiger partial charge in [-0.3, -0.25) is 4.90 Å². The maximum atomic E-state index is 12.5. The molecular formula is C22H25NO4. The average molecular weight is 368 g/mol. The van der Waals surface area contributed by atoms with Crippen LogP contribution in [-0.4, -0.2) is 41.8 Å². The molecule has 0 aromatic heterocycles. The Labute approximate surface area is 159 Å². The van der Waals surface area contributed by atoms with Gasteiger partial charge in [-0.15, -0.1) is 0 Å². The van der Waals surface area contributed by atoms with E-state index < -0.39 is 18.1 Å². The summed E-state index contributed by atoms with van der Waals surface area (Å²) in [4.78, 5) is 25.2. The van der Waals surface area contributed by atoms with Crippen molar-refractivity contribution in [3.8, 4) is 11.1 Å². The molecule has 0 bridgehead atoms. The van der Waals surface area contributed by atoms with E-state index >= 15 is 0 Å². The number of hydrogen-bond acceptors (Lipinski definition) is 3. The minimum absolute atomic E-state index is 0.0336. The number of ether oxygens (including phenoxy) is 1. The van der Waals surface area contributed by atoms with Crippen molar-refractivity contribution in [1.29, 1.82) is 0 Å². The summed E-state index contributed by atoms with van der Waals surface area (Å²) in [5.41, 5.74) is 4.59. The molecule has 0 saturated heterocycles. The maximum absolute atomic E-state index is 12.5. The fraction of sp³-hybridized carbons (Fsp3) is 0.364. The highest BCUT2D eigenvalue weighted by molar-refractivity contribution is 5.81. The van der Waals surface area contributed by atoms with Crippen molar-refractivity contribution in [2.45, 2.75) is 38.1 Å². The number of carboxylic acid groups (broad SMARTS) is 1. The van der Waals surface area contributed by atoms with Crippen LogP contribution < -0.4 is 0 Å². The molecule has 142 valence electrons. The summed E-state index contributed by atoms with van der Waals surface area (Å²) in [6, 6.07) is 15.4. The Hall–Kier alpha value is -2.82. The first-order chi connectivity index (χ1) is 13.0. The fourth-order valence-electron chi connectivity index (χ4n) is 3.70. The second kappa shape index (κ2) is 8.25. The third kappa shape index (κ3) is 3.82.